The van der Waals surface area contributed by atoms with Crippen molar-refractivity contribution in [3.8, 4) is 0 Å². The molecule has 2 heterocycles. The van der Waals surface area contributed by atoms with Gasteiger partial charge in [0.25, 0.3) is 0 Å². The average molecular weight is 384 g/mol. The van der Waals surface area contributed by atoms with Gasteiger partial charge in [-0.15, -0.1) is 11.8 Å². The Morgan fingerprint density at radius 1 is 1.27 bits per heavy atom. The number of carbonyl (C=O) groups is 2. The number of amides is 2. The number of aromatic nitrogens is 1. The van der Waals surface area contributed by atoms with Crippen molar-refractivity contribution in [1.29, 1.82) is 0 Å². The Labute approximate surface area is 159 Å². The van der Waals surface area contributed by atoms with Gasteiger partial charge in [-0.2, -0.15) is 0 Å². The van der Waals surface area contributed by atoms with Crippen molar-refractivity contribution >= 4 is 29.5 Å². The van der Waals surface area contributed by atoms with Crippen LogP contribution in [0, 0.1) is 0 Å². The van der Waals surface area contributed by atoms with Crippen molar-refractivity contribution in [2.75, 3.05) is 25.1 Å². The van der Waals surface area contributed by atoms with E-state index in [1.54, 1.807) is 17.8 Å². The van der Waals surface area contributed by atoms with Crippen LogP contribution in [0.3, 0.4) is 0 Å². The predicted molar refractivity (Wildman–Crippen MR) is 102 cm³/mol. The highest BCUT2D eigenvalue weighted by molar-refractivity contribution is 8.02. The van der Waals surface area contributed by atoms with Crippen molar-refractivity contribution in [2.45, 2.75) is 62.9 Å². The van der Waals surface area contributed by atoms with Crippen LogP contribution in [0.4, 0.5) is 5.88 Å². The van der Waals surface area contributed by atoms with E-state index in [1.165, 1.54) is 6.92 Å². The first-order chi connectivity index (χ1) is 12.1. The molecule has 0 spiro atoms. The Balaban J connectivity index is 1.96. The number of carbonyl (C=O) groups excluding carboxylic acids is 2. The van der Waals surface area contributed by atoms with E-state index in [4.69, 9.17) is 9.26 Å². The molecule has 7 nitrogen and oxygen atoms in total. The third kappa shape index (κ3) is 5.74. The van der Waals surface area contributed by atoms with Crippen LogP contribution >= 0.6 is 11.8 Å². The predicted octanol–water partition coefficient (Wildman–Crippen LogP) is 2.72. The lowest BCUT2D eigenvalue weighted by atomic mass is 9.89. The summed E-state index contributed by atoms with van der Waals surface area (Å²) in [5.41, 5.74) is 0.279. The molecule has 1 fully saturated rings. The first-order valence-corrected chi connectivity index (χ1v) is 9.77. The van der Waals surface area contributed by atoms with E-state index in [1.807, 2.05) is 27.7 Å². The zero-order valence-electron chi connectivity index (χ0n) is 16.2. The summed E-state index contributed by atoms with van der Waals surface area (Å²) in [5.74, 6) is 0.111. The molecule has 1 aliphatic heterocycles. The average Bonchev–Trinajstić information content (AvgIpc) is 3.03. The van der Waals surface area contributed by atoms with Crippen LogP contribution in [0.15, 0.2) is 10.6 Å². The van der Waals surface area contributed by atoms with Crippen molar-refractivity contribution in [3.63, 3.8) is 0 Å². The molecule has 26 heavy (non-hydrogen) atoms. The third-order valence-corrected chi connectivity index (χ3v) is 5.98. The van der Waals surface area contributed by atoms with Crippen LogP contribution in [0.25, 0.3) is 0 Å². The minimum atomic E-state index is -0.583. The highest BCUT2D eigenvalue weighted by atomic mass is 32.2. The maximum atomic E-state index is 12.7. The molecule has 0 atom stereocenters. The zero-order chi connectivity index (χ0) is 19.4. The van der Waals surface area contributed by atoms with Gasteiger partial charge in [-0.1, -0.05) is 19.0 Å². The summed E-state index contributed by atoms with van der Waals surface area (Å²) in [4.78, 5) is 23.8. The van der Waals surface area contributed by atoms with E-state index >= 15 is 0 Å². The summed E-state index contributed by atoms with van der Waals surface area (Å²) in [6.45, 7) is 11.2. The van der Waals surface area contributed by atoms with E-state index in [0.29, 0.717) is 23.4 Å². The normalized spacial score (nSPS) is 16.3. The molecule has 146 valence electrons. The fourth-order valence-electron chi connectivity index (χ4n) is 2.62. The summed E-state index contributed by atoms with van der Waals surface area (Å²) >= 11 is 1.67. The van der Waals surface area contributed by atoms with Gasteiger partial charge in [0.15, 0.2) is 0 Å². The number of anilines is 1. The highest BCUT2D eigenvalue weighted by Crippen LogP contribution is 2.35. The Morgan fingerprint density at radius 2 is 1.92 bits per heavy atom. The molecule has 1 aromatic heterocycles. The molecular formula is C18H29N3O4S. The maximum Gasteiger partial charge on any atom is 0.242 e. The van der Waals surface area contributed by atoms with Crippen molar-refractivity contribution in [2.24, 2.45) is 0 Å². The van der Waals surface area contributed by atoms with Crippen LogP contribution in [0.2, 0.25) is 0 Å². The molecule has 0 unspecified atom stereocenters. The second kappa shape index (κ2) is 8.43. The third-order valence-electron chi connectivity index (χ3n) is 4.40. The molecule has 0 saturated carbocycles. The number of hydrogen-bond acceptors (Lipinski definition) is 6. The summed E-state index contributed by atoms with van der Waals surface area (Å²) < 4.78 is 10.1. The van der Waals surface area contributed by atoms with Crippen LogP contribution in [-0.4, -0.2) is 46.7 Å². The smallest absolute Gasteiger partial charge is 0.242 e. The minimum absolute atomic E-state index is 0.0954. The van der Waals surface area contributed by atoms with Crippen LogP contribution in [0.5, 0.6) is 0 Å². The molecular weight excluding hydrogens is 354 g/mol. The lowest BCUT2D eigenvalue weighted by Gasteiger charge is -2.30. The number of thioether (sulfide) groups is 1. The van der Waals surface area contributed by atoms with Crippen molar-refractivity contribution in [1.82, 2.24) is 10.5 Å². The monoisotopic (exact) mass is 383 g/mol. The van der Waals surface area contributed by atoms with Gasteiger partial charge in [0.1, 0.15) is 0 Å². The molecule has 0 aliphatic carbocycles. The standard InChI is InChI=1S/C18H29N3O4S/c1-12(22)19-11-17(2,3)14-10-15(25-21-14)20-16(23)18(4,5)26-13-6-8-24-9-7-13/h10,13H,6-9,11H2,1-5H3,(H,19,22)(H,20,23). The van der Waals surface area contributed by atoms with Crippen molar-refractivity contribution in [3.05, 3.63) is 11.8 Å². The molecule has 1 saturated heterocycles. The molecule has 0 radical (unpaired) electrons. The number of hydrogen-bond donors (Lipinski definition) is 2. The Morgan fingerprint density at radius 3 is 2.54 bits per heavy atom. The summed E-state index contributed by atoms with van der Waals surface area (Å²) in [6.07, 6.45) is 1.93. The van der Waals surface area contributed by atoms with E-state index in [2.05, 4.69) is 15.8 Å². The first kappa shape index (κ1) is 20.8. The SMILES string of the molecule is CC(=O)NCC(C)(C)c1cc(NC(=O)C(C)(C)SC2CCOCC2)on1. The largest absolute Gasteiger partial charge is 0.381 e. The van der Waals surface area contributed by atoms with E-state index in [9.17, 15) is 9.59 Å². The molecule has 2 N–H and O–H groups in total. The minimum Gasteiger partial charge on any atom is -0.381 e. The lowest BCUT2D eigenvalue weighted by molar-refractivity contribution is -0.119. The maximum absolute atomic E-state index is 12.7. The van der Waals surface area contributed by atoms with Gasteiger partial charge >= 0.3 is 0 Å². The molecule has 2 rings (SSSR count). The molecule has 2 amide bonds. The highest BCUT2D eigenvalue weighted by Gasteiger charge is 2.34. The molecule has 0 aromatic carbocycles. The number of nitrogens with one attached hydrogen (secondary N) is 2. The van der Waals surface area contributed by atoms with Gasteiger partial charge in [-0.3, -0.25) is 14.9 Å². The zero-order valence-corrected chi connectivity index (χ0v) is 17.0. The van der Waals surface area contributed by atoms with E-state index < -0.39 is 10.2 Å². The van der Waals surface area contributed by atoms with Gasteiger partial charge in [-0.05, 0) is 26.7 Å². The summed E-state index contributed by atoms with van der Waals surface area (Å²) in [7, 11) is 0. The first-order valence-electron chi connectivity index (χ1n) is 8.89. The molecule has 1 aromatic rings. The topological polar surface area (TPSA) is 93.5 Å². The number of nitrogens with zero attached hydrogens (tertiary/aromatic N) is 1. The lowest BCUT2D eigenvalue weighted by Crippen LogP contribution is -2.37. The van der Waals surface area contributed by atoms with Crippen molar-refractivity contribution < 1.29 is 18.8 Å². The molecule has 1 aliphatic rings. The van der Waals surface area contributed by atoms with Gasteiger partial charge in [0.05, 0.1) is 10.4 Å². The quantitative estimate of drug-likeness (QED) is 0.752. The fraction of sp³-hybridized carbons (Fsp3) is 0.722. The fourth-order valence-corrected chi connectivity index (χ4v) is 4.04. The van der Waals surface area contributed by atoms with Gasteiger partial charge < -0.3 is 14.6 Å². The number of ether oxygens (including phenoxy) is 1. The van der Waals surface area contributed by atoms with E-state index in [0.717, 1.165) is 26.1 Å². The van der Waals surface area contributed by atoms with Crippen LogP contribution < -0.4 is 10.6 Å². The van der Waals surface area contributed by atoms with Crippen LogP contribution in [0.1, 0.15) is 53.2 Å². The van der Waals surface area contributed by atoms with Gasteiger partial charge in [0, 0.05) is 43.4 Å². The van der Waals surface area contributed by atoms with E-state index in [-0.39, 0.29) is 11.8 Å². The number of rotatable bonds is 7. The molecule has 0 bridgehead atoms. The van der Waals surface area contributed by atoms with Crippen LogP contribution in [-0.2, 0) is 19.7 Å². The Kier molecular flexibility index (Phi) is 6.74. The van der Waals surface area contributed by atoms with Gasteiger partial charge in [0.2, 0.25) is 17.7 Å². The Hall–Kier alpha value is -1.54. The second-order valence-electron chi connectivity index (χ2n) is 7.76. The Bertz CT molecular complexity index is 636. The second-order valence-corrected chi connectivity index (χ2v) is 9.69. The summed E-state index contributed by atoms with van der Waals surface area (Å²) in [5, 5.41) is 10.1. The summed E-state index contributed by atoms with van der Waals surface area (Å²) in [6, 6.07) is 1.72. The van der Waals surface area contributed by atoms with Gasteiger partial charge in [-0.25, -0.2) is 0 Å². The molecule has 8 heteroatoms.